The Morgan fingerprint density at radius 1 is 1.37 bits per heavy atom. The Labute approximate surface area is 167 Å². The van der Waals surface area contributed by atoms with Gasteiger partial charge >= 0.3 is 0 Å². The van der Waals surface area contributed by atoms with Gasteiger partial charge in [-0.1, -0.05) is 28.8 Å². The SMILES string of the molecule is C#Cc1cc([N+](=O)[O-])cc(S(=O)(=O)N2CCOCC2)c1N(CCC)CCBr. The highest BCUT2D eigenvalue weighted by Gasteiger charge is 2.33. The van der Waals surface area contributed by atoms with Gasteiger partial charge in [-0.3, -0.25) is 10.1 Å². The van der Waals surface area contributed by atoms with E-state index in [0.29, 0.717) is 24.1 Å². The second-order valence-electron chi connectivity index (χ2n) is 5.93. The molecule has 10 heteroatoms. The number of terminal acetylenes is 1. The van der Waals surface area contributed by atoms with Crippen molar-refractivity contribution >= 4 is 37.3 Å². The number of rotatable bonds is 8. The molecule has 1 fully saturated rings. The Hall–Kier alpha value is -1.67. The third-order valence-electron chi connectivity index (χ3n) is 4.18. The molecule has 0 N–H and O–H groups in total. The monoisotopic (exact) mass is 459 g/mol. The molecule has 0 atom stereocenters. The summed E-state index contributed by atoms with van der Waals surface area (Å²) >= 11 is 3.38. The topological polar surface area (TPSA) is 93.0 Å². The standard InChI is InChI=1S/C17H22BrN3O5S/c1-3-6-19(7-5-18)17-14(4-2)12-15(21(22)23)13-16(17)27(24,25)20-8-10-26-11-9-20/h2,12-13H,3,5-11H2,1H3. The number of nitro groups is 1. The van der Waals surface area contributed by atoms with Gasteiger partial charge in [-0.15, -0.1) is 6.42 Å². The lowest BCUT2D eigenvalue weighted by Gasteiger charge is -2.31. The first-order valence-electron chi connectivity index (χ1n) is 8.54. The van der Waals surface area contributed by atoms with Crippen LogP contribution in [0.15, 0.2) is 17.0 Å². The van der Waals surface area contributed by atoms with Crippen LogP contribution < -0.4 is 4.90 Å². The largest absolute Gasteiger partial charge is 0.379 e. The van der Waals surface area contributed by atoms with Crippen molar-refractivity contribution in [3.8, 4) is 12.3 Å². The maximum Gasteiger partial charge on any atom is 0.272 e. The van der Waals surface area contributed by atoms with Gasteiger partial charge in [0.1, 0.15) is 4.90 Å². The predicted octanol–water partition coefficient (Wildman–Crippen LogP) is 2.21. The minimum Gasteiger partial charge on any atom is -0.379 e. The minimum atomic E-state index is -3.97. The van der Waals surface area contributed by atoms with E-state index in [0.717, 1.165) is 12.5 Å². The van der Waals surface area contributed by atoms with Crippen LogP contribution in [0.5, 0.6) is 0 Å². The highest BCUT2D eigenvalue weighted by Crippen LogP contribution is 2.35. The molecule has 0 unspecified atom stereocenters. The lowest BCUT2D eigenvalue weighted by molar-refractivity contribution is -0.385. The maximum atomic E-state index is 13.3. The van der Waals surface area contributed by atoms with Gasteiger partial charge in [-0.05, 0) is 6.42 Å². The Morgan fingerprint density at radius 3 is 2.56 bits per heavy atom. The zero-order chi connectivity index (χ0) is 20.0. The first-order valence-corrected chi connectivity index (χ1v) is 11.1. The molecule has 0 aliphatic carbocycles. The van der Waals surface area contributed by atoms with Crippen LogP contribution in [0.2, 0.25) is 0 Å². The number of sulfonamides is 1. The van der Waals surface area contributed by atoms with Gasteiger partial charge in [-0.25, -0.2) is 8.42 Å². The maximum absolute atomic E-state index is 13.3. The second kappa shape index (κ2) is 9.50. The molecule has 1 heterocycles. The van der Waals surface area contributed by atoms with Crippen LogP contribution in [0.4, 0.5) is 11.4 Å². The van der Waals surface area contributed by atoms with Crippen LogP contribution in [0.1, 0.15) is 18.9 Å². The first kappa shape index (κ1) is 21.6. The number of non-ortho nitro benzene ring substituents is 1. The fourth-order valence-electron chi connectivity index (χ4n) is 2.96. The summed E-state index contributed by atoms with van der Waals surface area (Å²) in [6, 6.07) is 2.36. The summed E-state index contributed by atoms with van der Waals surface area (Å²) in [5.74, 6) is 2.43. The van der Waals surface area contributed by atoms with Crippen molar-refractivity contribution in [3.63, 3.8) is 0 Å². The minimum absolute atomic E-state index is 0.124. The molecule has 1 aliphatic heterocycles. The zero-order valence-electron chi connectivity index (χ0n) is 15.1. The summed E-state index contributed by atoms with van der Waals surface area (Å²) in [6.45, 7) is 4.02. The summed E-state index contributed by atoms with van der Waals surface area (Å²) in [6.07, 6.45) is 6.37. The van der Waals surface area contributed by atoms with Gasteiger partial charge < -0.3 is 9.64 Å². The van der Waals surface area contributed by atoms with E-state index in [1.54, 1.807) is 0 Å². The van der Waals surface area contributed by atoms with Gasteiger partial charge in [0, 0.05) is 43.6 Å². The van der Waals surface area contributed by atoms with Crippen LogP contribution in [-0.2, 0) is 14.8 Å². The van der Waals surface area contributed by atoms with E-state index in [-0.39, 0.29) is 42.4 Å². The molecular weight excluding hydrogens is 438 g/mol. The van der Waals surface area contributed by atoms with Crippen LogP contribution in [-0.4, -0.2) is 62.4 Å². The Kier molecular flexibility index (Phi) is 7.61. The van der Waals surface area contributed by atoms with E-state index >= 15 is 0 Å². The van der Waals surface area contributed by atoms with E-state index in [2.05, 4.69) is 21.9 Å². The van der Waals surface area contributed by atoms with Crippen molar-refractivity contribution in [2.75, 3.05) is 49.6 Å². The quantitative estimate of drug-likeness (QED) is 0.256. The number of ether oxygens (including phenoxy) is 1. The van der Waals surface area contributed by atoms with E-state index in [1.807, 2.05) is 11.8 Å². The van der Waals surface area contributed by atoms with Gasteiger partial charge in [0.25, 0.3) is 5.69 Å². The van der Waals surface area contributed by atoms with Crippen molar-refractivity contribution < 1.29 is 18.1 Å². The van der Waals surface area contributed by atoms with Crippen LogP contribution in [0.3, 0.4) is 0 Å². The molecule has 1 aliphatic rings. The van der Waals surface area contributed by atoms with Crippen molar-refractivity contribution in [2.45, 2.75) is 18.2 Å². The average molecular weight is 460 g/mol. The van der Waals surface area contributed by atoms with E-state index in [4.69, 9.17) is 11.2 Å². The fraction of sp³-hybridized carbons (Fsp3) is 0.529. The highest BCUT2D eigenvalue weighted by molar-refractivity contribution is 9.09. The molecule has 2 rings (SSSR count). The number of nitro benzene ring substituents is 1. The smallest absolute Gasteiger partial charge is 0.272 e. The summed E-state index contributed by atoms with van der Waals surface area (Å²) < 4.78 is 33.1. The van der Waals surface area contributed by atoms with Gasteiger partial charge in [-0.2, -0.15) is 4.31 Å². The Morgan fingerprint density at radius 2 is 2.04 bits per heavy atom. The normalized spacial score (nSPS) is 15.3. The molecule has 8 nitrogen and oxygen atoms in total. The first-order chi connectivity index (χ1) is 12.9. The number of benzene rings is 1. The molecular formula is C17H22BrN3O5S. The molecule has 1 aromatic carbocycles. The van der Waals surface area contributed by atoms with Crippen LogP contribution in [0.25, 0.3) is 0 Å². The number of nitrogens with zero attached hydrogens (tertiary/aromatic N) is 3. The van der Waals surface area contributed by atoms with Gasteiger partial charge in [0.15, 0.2) is 0 Å². The molecule has 1 aromatic rings. The molecule has 0 saturated carbocycles. The molecule has 0 radical (unpaired) electrons. The fourth-order valence-corrected chi connectivity index (χ4v) is 5.05. The van der Waals surface area contributed by atoms with Crippen molar-refractivity contribution in [1.29, 1.82) is 0 Å². The van der Waals surface area contributed by atoms with E-state index < -0.39 is 14.9 Å². The molecule has 1 saturated heterocycles. The number of halogens is 1. The van der Waals surface area contributed by atoms with E-state index in [9.17, 15) is 18.5 Å². The van der Waals surface area contributed by atoms with Gasteiger partial charge in [0.2, 0.25) is 10.0 Å². The van der Waals surface area contributed by atoms with Crippen molar-refractivity contribution in [2.24, 2.45) is 0 Å². The highest BCUT2D eigenvalue weighted by atomic mass is 79.9. The summed E-state index contributed by atoms with van der Waals surface area (Å²) in [5.41, 5.74) is 0.204. The third-order valence-corrected chi connectivity index (χ3v) is 6.44. The Balaban J connectivity index is 2.73. The lowest BCUT2D eigenvalue weighted by Crippen LogP contribution is -2.41. The predicted molar refractivity (Wildman–Crippen MR) is 107 cm³/mol. The number of hydrogen-bond donors (Lipinski definition) is 0. The second-order valence-corrected chi connectivity index (χ2v) is 8.63. The Bertz CT molecular complexity index is 826. The summed E-state index contributed by atoms with van der Waals surface area (Å²) in [4.78, 5) is 12.5. The lowest BCUT2D eigenvalue weighted by atomic mass is 10.1. The van der Waals surface area contributed by atoms with Crippen LogP contribution >= 0.6 is 15.9 Å². The molecule has 0 amide bonds. The molecule has 0 bridgehead atoms. The molecule has 27 heavy (non-hydrogen) atoms. The number of hydrogen-bond acceptors (Lipinski definition) is 6. The number of anilines is 1. The van der Waals surface area contributed by atoms with E-state index in [1.165, 1.54) is 10.4 Å². The molecule has 0 aromatic heterocycles. The average Bonchev–Trinajstić information content (AvgIpc) is 2.67. The van der Waals surface area contributed by atoms with Crippen LogP contribution in [0, 0.1) is 22.5 Å². The zero-order valence-corrected chi connectivity index (χ0v) is 17.5. The summed E-state index contributed by atoms with van der Waals surface area (Å²) in [5, 5.41) is 11.9. The number of morpholine rings is 1. The van der Waals surface area contributed by atoms with Gasteiger partial charge in [0.05, 0.1) is 29.4 Å². The molecule has 148 valence electrons. The summed E-state index contributed by atoms with van der Waals surface area (Å²) in [7, 11) is -3.97. The van der Waals surface area contributed by atoms with Crippen molar-refractivity contribution in [3.05, 3.63) is 27.8 Å². The third kappa shape index (κ3) is 4.79. The molecule has 0 spiro atoms. The number of alkyl halides is 1. The van der Waals surface area contributed by atoms with Crippen molar-refractivity contribution in [1.82, 2.24) is 4.31 Å².